The van der Waals surface area contributed by atoms with Gasteiger partial charge in [0.2, 0.25) is 33.7 Å². The van der Waals surface area contributed by atoms with Gasteiger partial charge in [-0.2, -0.15) is 4.98 Å². The molecule has 2 N–H and O–H groups in total. The van der Waals surface area contributed by atoms with Crippen LogP contribution >= 0.6 is 0 Å². The van der Waals surface area contributed by atoms with Gasteiger partial charge in [0.15, 0.2) is 0 Å². The first-order valence-electron chi connectivity index (χ1n) is 20.7. The Balaban J connectivity index is 0.792. The van der Waals surface area contributed by atoms with E-state index in [4.69, 9.17) is 4.98 Å². The van der Waals surface area contributed by atoms with E-state index in [1.165, 1.54) is 8.87 Å². The van der Waals surface area contributed by atoms with Crippen LogP contribution in [0.3, 0.4) is 0 Å². The number of anilines is 3. The number of imide groups is 1. The minimum Gasteiger partial charge on any atom is -0.324 e. The largest absolute Gasteiger partial charge is 0.329 e. The van der Waals surface area contributed by atoms with Crippen LogP contribution in [0, 0.1) is 5.92 Å². The van der Waals surface area contributed by atoms with Gasteiger partial charge in [0, 0.05) is 50.6 Å². The molecule has 16 heteroatoms. The number of sulfonamides is 1. The maximum absolute atomic E-state index is 13.6. The van der Waals surface area contributed by atoms with Gasteiger partial charge >= 0.3 is 5.69 Å². The average molecular weight is 810 g/mol. The third-order valence-electron chi connectivity index (χ3n) is 13.5. The molecular formula is C42H51N9O6S. The van der Waals surface area contributed by atoms with Gasteiger partial charge in [-0.25, -0.2) is 22.5 Å². The van der Waals surface area contributed by atoms with Gasteiger partial charge in [-0.1, -0.05) is 25.5 Å². The molecule has 3 unspecified atom stereocenters. The number of aromatic nitrogens is 4. The molecule has 306 valence electrons. The van der Waals surface area contributed by atoms with Crippen molar-refractivity contribution in [3.63, 3.8) is 0 Å². The topological polar surface area (TPSA) is 172 Å². The normalized spacial score (nSPS) is 23.6. The summed E-state index contributed by atoms with van der Waals surface area (Å²) in [5.74, 6) is 1.15. The number of carbonyl (C=O) groups is 3. The van der Waals surface area contributed by atoms with Gasteiger partial charge in [-0.05, 0) is 119 Å². The van der Waals surface area contributed by atoms with Crippen LogP contribution in [0.4, 0.5) is 17.5 Å². The molecule has 2 saturated carbocycles. The standard InChI is InChI=1S/C42H51N9O6S/c1-26-7-4-9-32(26)51-37-31(42(19-20-42)39(51)54)25-43-40(46-37)44-28-11-13-29(14-12-28)58(56,57)47(2)21-6-22-49-23-17-27(18-24-49)30-8-5-10-33-36(30)48(3)41(55)50(33)34-15-16-35(52)45-38(34)53/h5,8,10-14,25-27,32,34H,4,6-7,9,15-24H2,1-3H3,(H,43,44,46)(H,45,52,53). The quantitative estimate of drug-likeness (QED) is 0.208. The van der Waals surface area contributed by atoms with Crippen molar-refractivity contribution in [3.05, 3.63) is 70.3 Å². The molecule has 2 aliphatic carbocycles. The van der Waals surface area contributed by atoms with E-state index in [9.17, 15) is 27.6 Å². The summed E-state index contributed by atoms with van der Waals surface area (Å²) in [4.78, 5) is 65.4. The molecule has 5 aliphatic rings. The van der Waals surface area contributed by atoms with E-state index in [1.807, 2.05) is 17.0 Å². The summed E-state index contributed by atoms with van der Waals surface area (Å²) >= 11 is 0. The van der Waals surface area contributed by atoms with Crippen molar-refractivity contribution in [2.45, 2.75) is 99.4 Å². The Morgan fingerprint density at radius 2 is 1.74 bits per heavy atom. The maximum Gasteiger partial charge on any atom is 0.329 e. The van der Waals surface area contributed by atoms with Crippen molar-refractivity contribution >= 4 is 56.2 Å². The molecule has 3 amide bonds. The van der Waals surface area contributed by atoms with Crippen molar-refractivity contribution < 1.29 is 22.8 Å². The fourth-order valence-electron chi connectivity index (χ4n) is 9.97. The zero-order valence-electron chi connectivity index (χ0n) is 33.3. The smallest absolute Gasteiger partial charge is 0.324 e. The number of likely N-dealkylation sites (tertiary alicyclic amines) is 1. The van der Waals surface area contributed by atoms with Crippen LogP contribution in [0.5, 0.6) is 0 Å². The second-order valence-corrected chi connectivity index (χ2v) is 19.0. The van der Waals surface area contributed by atoms with Crippen LogP contribution in [-0.4, -0.2) is 93.7 Å². The summed E-state index contributed by atoms with van der Waals surface area (Å²) in [5, 5.41) is 5.60. The fourth-order valence-corrected chi connectivity index (χ4v) is 11.2. The van der Waals surface area contributed by atoms with Crippen LogP contribution in [0.1, 0.15) is 94.2 Å². The van der Waals surface area contributed by atoms with E-state index in [2.05, 4.69) is 33.5 Å². The lowest BCUT2D eigenvalue weighted by atomic mass is 9.88. The van der Waals surface area contributed by atoms with Gasteiger partial charge in [-0.15, -0.1) is 0 Å². The first kappa shape index (κ1) is 38.6. The van der Waals surface area contributed by atoms with Crippen molar-refractivity contribution in [2.75, 3.05) is 43.4 Å². The van der Waals surface area contributed by atoms with Gasteiger partial charge in [0.25, 0.3) is 0 Å². The van der Waals surface area contributed by atoms with E-state index < -0.39 is 27.4 Å². The van der Waals surface area contributed by atoms with Crippen molar-refractivity contribution in [1.29, 1.82) is 0 Å². The summed E-state index contributed by atoms with van der Waals surface area (Å²) < 4.78 is 31.7. The summed E-state index contributed by atoms with van der Waals surface area (Å²) in [6.45, 7) is 5.03. The van der Waals surface area contributed by atoms with Crippen LogP contribution in [0.15, 0.2) is 58.4 Å². The average Bonchev–Trinajstić information content (AvgIpc) is 3.78. The van der Waals surface area contributed by atoms with Gasteiger partial charge in [0.1, 0.15) is 11.9 Å². The lowest BCUT2D eigenvalue weighted by molar-refractivity contribution is -0.135. The number of aryl methyl sites for hydroxylation is 1. The van der Waals surface area contributed by atoms with Gasteiger partial charge < -0.3 is 10.2 Å². The molecule has 3 aliphatic heterocycles. The number of fused-ring (bicyclic) bond motifs is 3. The molecule has 58 heavy (non-hydrogen) atoms. The van der Waals surface area contributed by atoms with Gasteiger partial charge in [-0.3, -0.25) is 33.7 Å². The Labute approximate surface area is 337 Å². The van der Waals surface area contributed by atoms with Crippen molar-refractivity contribution in [2.24, 2.45) is 13.0 Å². The van der Waals surface area contributed by atoms with Crippen LogP contribution in [0.25, 0.3) is 11.0 Å². The fraction of sp³-hybridized carbons (Fsp3) is 0.524. The predicted molar refractivity (Wildman–Crippen MR) is 218 cm³/mol. The first-order chi connectivity index (χ1) is 27.9. The molecule has 3 atom stereocenters. The molecule has 2 saturated heterocycles. The minimum absolute atomic E-state index is 0.156. The van der Waals surface area contributed by atoms with Crippen molar-refractivity contribution in [1.82, 2.24) is 33.6 Å². The Morgan fingerprint density at radius 3 is 2.43 bits per heavy atom. The molecule has 4 fully saturated rings. The third kappa shape index (κ3) is 6.53. The molecule has 0 radical (unpaired) electrons. The number of carbonyl (C=O) groups excluding carboxylic acids is 3. The third-order valence-corrected chi connectivity index (χ3v) is 15.4. The number of nitrogens with one attached hydrogen (secondary N) is 2. The molecule has 15 nitrogen and oxygen atoms in total. The Morgan fingerprint density at radius 1 is 0.983 bits per heavy atom. The molecular weight excluding hydrogens is 759 g/mol. The number of rotatable bonds is 11. The maximum atomic E-state index is 13.6. The monoisotopic (exact) mass is 809 g/mol. The van der Waals surface area contributed by atoms with E-state index in [0.29, 0.717) is 48.3 Å². The van der Waals surface area contributed by atoms with E-state index in [-0.39, 0.29) is 40.8 Å². The van der Waals surface area contributed by atoms with E-state index >= 15 is 0 Å². The zero-order chi connectivity index (χ0) is 40.5. The molecule has 1 spiro atoms. The number of imidazole rings is 1. The summed E-state index contributed by atoms with van der Waals surface area (Å²) in [7, 11) is -0.367. The number of piperidine rings is 2. The van der Waals surface area contributed by atoms with Crippen molar-refractivity contribution in [3.8, 4) is 0 Å². The van der Waals surface area contributed by atoms with Crippen LogP contribution in [-0.2, 0) is 36.9 Å². The highest BCUT2D eigenvalue weighted by atomic mass is 32.2. The van der Waals surface area contributed by atoms with Crippen LogP contribution in [0.2, 0.25) is 0 Å². The van der Waals surface area contributed by atoms with Crippen LogP contribution < -0.4 is 21.2 Å². The SMILES string of the molecule is CC1CCCC1N1C(=O)C2(CC2)c2cnc(Nc3ccc(S(=O)(=O)N(C)CCCN4CCC(c5cccc6c5n(C)c(=O)n6C5CCC(=O)NC5=O)CC4)cc3)nc21. The number of nitrogens with zero attached hydrogens (tertiary/aromatic N) is 7. The Kier molecular flexibility index (Phi) is 9.79. The first-order valence-corrected chi connectivity index (χ1v) is 22.1. The van der Waals surface area contributed by atoms with Gasteiger partial charge in [0.05, 0.1) is 21.3 Å². The molecule has 0 bridgehead atoms. The lowest BCUT2D eigenvalue weighted by Crippen LogP contribution is -2.44. The number of para-hydroxylation sites is 1. The minimum atomic E-state index is -3.72. The summed E-state index contributed by atoms with van der Waals surface area (Å²) in [6.07, 6.45) is 9.61. The molecule has 4 aromatic rings. The second kappa shape index (κ2) is 14.7. The lowest BCUT2D eigenvalue weighted by Gasteiger charge is -2.33. The predicted octanol–water partition coefficient (Wildman–Crippen LogP) is 4.31. The summed E-state index contributed by atoms with van der Waals surface area (Å²) in [5.41, 5.74) is 3.48. The summed E-state index contributed by atoms with van der Waals surface area (Å²) in [6, 6.07) is 11.9. The zero-order valence-corrected chi connectivity index (χ0v) is 34.1. The number of hydrogen-bond acceptors (Lipinski definition) is 10. The van der Waals surface area contributed by atoms with E-state index in [0.717, 1.165) is 81.2 Å². The number of benzene rings is 2. The Bertz CT molecular complexity index is 2470. The highest BCUT2D eigenvalue weighted by Gasteiger charge is 2.62. The second-order valence-electron chi connectivity index (χ2n) is 17.0. The molecule has 2 aromatic carbocycles. The molecule has 2 aromatic heterocycles. The number of amides is 3. The highest BCUT2D eigenvalue weighted by Crippen LogP contribution is 2.58. The number of hydrogen-bond donors (Lipinski definition) is 2. The Hall–Kier alpha value is -4.93. The molecule has 5 heterocycles. The molecule has 9 rings (SSSR count). The van der Waals surface area contributed by atoms with E-state index in [1.54, 1.807) is 49.1 Å². The highest BCUT2D eigenvalue weighted by molar-refractivity contribution is 7.89.